The minimum atomic E-state index is -0.734. The van der Waals surface area contributed by atoms with Gasteiger partial charge in [-0.15, -0.1) is 0 Å². The number of rotatable bonds is 6. The van der Waals surface area contributed by atoms with E-state index in [1.165, 1.54) is 53.4 Å². The number of nitro groups is 1. The highest BCUT2D eigenvalue weighted by Crippen LogP contribution is 2.65. The van der Waals surface area contributed by atoms with Gasteiger partial charge < -0.3 is 4.74 Å². The Labute approximate surface area is 199 Å². The minimum absolute atomic E-state index is 0.138. The van der Waals surface area contributed by atoms with E-state index < -0.39 is 23.3 Å². The molecule has 9 nitrogen and oxygen atoms in total. The standard InChI is InChI=1S/C26H20N2O7/c29-21(13-1-7-16(8-2-13)28(33)34)12-35-26(32)14-3-5-15(6-4-14)27-24(30)22-17-9-10-18(20-11-19(17)20)23(22)25(27)31/h1-10,17-20,22-23H,11-12H2/t17-,18+,19-,20-,22+,23-/m1/s1. The van der Waals surface area contributed by atoms with Crippen LogP contribution in [0.4, 0.5) is 11.4 Å². The molecule has 2 aromatic rings. The van der Waals surface area contributed by atoms with Gasteiger partial charge in [0.1, 0.15) is 0 Å². The lowest BCUT2D eigenvalue weighted by molar-refractivity contribution is -0.384. The summed E-state index contributed by atoms with van der Waals surface area (Å²) in [6, 6.07) is 11.0. The molecule has 2 amide bonds. The third-order valence-corrected chi connectivity index (χ3v) is 7.76. The fraction of sp³-hybridized carbons (Fsp3) is 0.308. The molecule has 2 saturated carbocycles. The lowest BCUT2D eigenvalue weighted by atomic mass is 9.63. The van der Waals surface area contributed by atoms with Crippen molar-refractivity contribution in [1.82, 2.24) is 0 Å². The van der Waals surface area contributed by atoms with Crippen LogP contribution in [-0.2, 0) is 14.3 Å². The first-order valence-electron chi connectivity index (χ1n) is 11.5. The van der Waals surface area contributed by atoms with Crippen LogP contribution in [0, 0.1) is 45.6 Å². The third-order valence-electron chi connectivity index (χ3n) is 7.76. The maximum Gasteiger partial charge on any atom is 0.338 e. The number of esters is 1. The summed E-state index contributed by atoms with van der Waals surface area (Å²) in [5, 5.41) is 10.7. The lowest BCUT2D eigenvalue weighted by Crippen LogP contribution is -2.40. The van der Waals surface area contributed by atoms with E-state index in [-0.39, 0.29) is 52.3 Å². The fourth-order valence-electron chi connectivity index (χ4n) is 6.02. The van der Waals surface area contributed by atoms with E-state index in [0.717, 1.165) is 6.42 Å². The molecule has 35 heavy (non-hydrogen) atoms. The van der Waals surface area contributed by atoms with Crippen LogP contribution < -0.4 is 4.90 Å². The number of ketones is 1. The summed E-state index contributed by atoms with van der Waals surface area (Å²) < 4.78 is 5.08. The zero-order chi connectivity index (χ0) is 24.4. The van der Waals surface area contributed by atoms with Crippen LogP contribution in [0.25, 0.3) is 0 Å². The van der Waals surface area contributed by atoms with Gasteiger partial charge in [0.05, 0.1) is 28.0 Å². The molecule has 3 fully saturated rings. The summed E-state index contributed by atoms with van der Waals surface area (Å²) in [5.41, 5.74) is 0.631. The predicted octanol–water partition coefficient (Wildman–Crippen LogP) is 3.19. The number of hydrogen-bond donors (Lipinski definition) is 0. The number of hydrogen-bond acceptors (Lipinski definition) is 7. The Bertz CT molecular complexity index is 1280. The van der Waals surface area contributed by atoms with Gasteiger partial charge in [-0.1, -0.05) is 12.2 Å². The first-order valence-corrected chi connectivity index (χ1v) is 11.5. The highest BCUT2D eigenvalue weighted by Gasteiger charge is 2.67. The molecule has 0 spiro atoms. The maximum atomic E-state index is 13.2. The summed E-state index contributed by atoms with van der Waals surface area (Å²) in [4.78, 5) is 62.4. The number of allylic oxidation sites excluding steroid dienone is 2. The zero-order valence-corrected chi connectivity index (χ0v) is 18.4. The van der Waals surface area contributed by atoms with E-state index in [4.69, 9.17) is 4.74 Å². The third kappa shape index (κ3) is 3.30. The summed E-state index contributed by atoms with van der Waals surface area (Å²) in [7, 11) is 0. The van der Waals surface area contributed by atoms with Crippen molar-refractivity contribution in [2.45, 2.75) is 6.42 Å². The maximum absolute atomic E-state index is 13.2. The number of nitro benzene ring substituents is 1. The van der Waals surface area contributed by atoms with Crippen molar-refractivity contribution in [2.24, 2.45) is 35.5 Å². The quantitative estimate of drug-likeness (QED) is 0.158. The number of nitrogens with zero attached hydrogens (tertiary/aromatic N) is 2. The van der Waals surface area contributed by atoms with Crippen molar-refractivity contribution in [3.05, 3.63) is 81.9 Å². The number of anilines is 1. The zero-order valence-electron chi connectivity index (χ0n) is 18.4. The Kier molecular flexibility index (Phi) is 4.70. The number of ether oxygens (including phenoxy) is 1. The Morgan fingerprint density at radius 1 is 0.886 bits per heavy atom. The second-order valence-electron chi connectivity index (χ2n) is 9.52. The lowest BCUT2D eigenvalue weighted by Gasteiger charge is -2.37. The monoisotopic (exact) mass is 472 g/mol. The summed E-state index contributed by atoms with van der Waals surface area (Å²) in [5.74, 6) is -0.848. The molecule has 1 saturated heterocycles. The van der Waals surface area contributed by atoms with Gasteiger partial charge in [-0.05, 0) is 66.5 Å². The molecule has 6 atom stereocenters. The van der Waals surface area contributed by atoms with Gasteiger partial charge in [0.2, 0.25) is 11.8 Å². The highest BCUT2D eigenvalue weighted by molar-refractivity contribution is 6.22. The van der Waals surface area contributed by atoms with E-state index in [0.29, 0.717) is 17.5 Å². The molecule has 0 radical (unpaired) electrons. The van der Waals surface area contributed by atoms with Crippen molar-refractivity contribution in [3.63, 3.8) is 0 Å². The first-order chi connectivity index (χ1) is 16.8. The molecule has 1 heterocycles. The first kappa shape index (κ1) is 21.4. The average Bonchev–Trinajstić information content (AvgIpc) is 3.65. The van der Waals surface area contributed by atoms with Gasteiger partial charge in [-0.25, -0.2) is 4.79 Å². The van der Waals surface area contributed by atoms with Gasteiger partial charge in [-0.3, -0.25) is 29.4 Å². The van der Waals surface area contributed by atoms with Gasteiger partial charge >= 0.3 is 5.97 Å². The van der Waals surface area contributed by atoms with Crippen LogP contribution >= 0.6 is 0 Å². The molecule has 0 unspecified atom stereocenters. The van der Waals surface area contributed by atoms with Crippen LogP contribution in [0.1, 0.15) is 27.1 Å². The van der Waals surface area contributed by atoms with Crippen LogP contribution in [0.15, 0.2) is 60.7 Å². The molecular formula is C26H20N2O7. The van der Waals surface area contributed by atoms with Crippen LogP contribution in [-0.4, -0.2) is 35.1 Å². The Hall–Kier alpha value is -4.14. The summed E-state index contributed by atoms with van der Waals surface area (Å²) in [6.07, 6.45) is 5.33. The molecule has 1 aliphatic heterocycles. The molecule has 5 aliphatic rings. The minimum Gasteiger partial charge on any atom is -0.454 e. The van der Waals surface area contributed by atoms with Crippen LogP contribution in [0.5, 0.6) is 0 Å². The van der Waals surface area contributed by atoms with E-state index in [2.05, 4.69) is 12.2 Å². The topological polar surface area (TPSA) is 124 Å². The smallest absolute Gasteiger partial charge is 0.338 e. The normalized spacial score (nSPS) is 29.5. The van der Waals surface area contributed by atoms with Gasteiger partial charge in [0.15, 0.2) is 12.4 Å². The van der Waals surface area contributed by atoms with E-state index >= 15 is 0 Å². The van der Waals surface area contributed by atoms with Gasteiger partial charge in [-0.2, -0.15) is 0 Å². The number of carbonyl (C=O) groups excluding carboxylic acids is 4. The van der Waals surface area contributed by atoms with Crippen molar-refractivity contribution >= 4 is 34.9 Å². The van der Waals surface area contributed by atoms with Crippen molar-refractivity contribution < 1.29 is 28.8 Å². The Balaban J connectivity index is 1.11. The van der Waals surface area contributed by atoms with E-state index in [1.807, 2.05) is 0 Å². The second kappa shape index (κ2) is 7.69. The highest BCUT2D eigenvalue weighted by atomic mass is 16.6. The SMILES string of the molecule is O=C(COC(=O)c1ccc(N2C(=O)[C@@H]3[C@H]4C=C[C@H]([C@H]5C[C@H]45)[C@@H]3C2=O)cc1)c1ccc([N+](=O)[O-])cc1. The molecule has 0 aromatic heterocycles. The molecule has 176 valence electrons. The molecule has 7 rings (SSSR count). The van der Waals surface area contributed by atoms with Crippen molar-refractivity contribution in [1.29, 1.82) is 0 Å². The largest absolute Gasteiger partial charge is 0.454 e. The van der Waals surface area contributed by atoms with Crippen LogP contribution in [0.2, 0.25) is 0 Å². The number of imide groups is 1. The number of carbonyl (C=O) groups is 4. The molecular weight excluding hydrogens is 452 g/mol. The molecule has 0 N–H and O–H groups in total. The summed E-state index contributed by atoms with van der Waals surface area (Å²) >= 11 is 0. The average molecular weight is 472 g/mol. The number of non-ortho nitro benzene ring substituents is 1. The Morgan fingerprint density at radius 2 is 1.43 bits per heavy atom. The number of amides is 2. The van der Waals surface area contributed by atoms with Crippen LogP contribution in [0.3, 0.4) is 0 Å². The Morgan fingerprint density at radius 3 is 1.97 bits per heavy atom. The van der Waals surface area contributed by atoms with Gasteiger partial charge in [0.25, 0.3) is 5.69 Å². The molecule has 2 bridgehead atoms. The molecule has 2 aromatic carbocycles. The molecule has 4 aliphatic carbocycles. The molecule has 9 heteroatoms. The summed E-state index contributed by atoms with van der Waals surface area (Å²) in [6.45, 7) is -0.525. The second-order valence-corrected chi connectivity index (χ2v) is 9.52. The fourth-order valence-corrected chi connectivity index (χ4v) is 6.02. The van der Waals surface area contributed by atoms with Crippen molar-refractivity contribution in [2.75, 3.05) is 11.5 Å². The van der Waals surface area contributed by atoms with Crippen molar-refractivity contribution in [3.8, 4) is 0 Å². The van der Waals surface area contributed by atoms with E-state index in [1.54, 1.807) is 0 Å². The van der Waals surface area contributed by atoms with Gasteiger partial charge in [0, 0.05) is 17.7 Å². The van der Waals surface area contributed by atoms with E-state index in [9.17, 15) is 29.3 Å². The number of Topliss-reactive ketones (excluding diaryl/α,β-unsaturated/α-hetero) is 1. The number of benzene rings is 2. The predicted molar refractivity (Wildman–Crippen MR) is 121 cm³/mol.